The molecule has 2 aliphatic rings. The molecule has 1 aromatic carbocycles. The van der Waals surface area contributed by atoms with Crippen molar-refractivity contribution in [2.45, 2.75) is 57.4 Å². The van der Waals surface area contributed by atoms with Crippen molar-refractivity contribution in [2.75, 3.05) is 0 Å². The van der Waals surface area contributed by atoms with Crippen molar-refractivity contribution in [3.63, 3.8) is 0 Å². The standard InChI is InChI=1S/C24H26F3N3O4/c1-12(2)9-16-22(32)29-19(15-10-13-5-3-4-6-14(13)11-15)23(33)30(16)20(21(28)31)17-7-8-18(34-17)24(25,26)27/h3-8,12,15-16,19-20H,9-11H2,1-2H3,(H2,28,31)(H,29,32)/t16-,19-,20?/m1/s1. The van der Waals surface area contributed by atoms with Gasteiger partial charge >= 0.3 is 6.18 Å². The number of carbonyl (C=O) groups is 3. The SMILES string of the molecule is CC(C)C[C@@H]1C(=O)N[C@H](C2Cc3ccccc3C2)C(=O)N1C(C(N)=O)c1ccc(C(F)(F)F)o1. The smallest absolute Gasteiger partial charge is 0.449 e. The number of carbonyl (C=O) groups excluding carboxylic acids is 3. The van der Waals surface area contributed by atoms with Gasteiger partial charge in [0.15, 0.2) is 6.04 Å². The molecule has 10 heteroatoms. The van der Waals surface area contributed by atoms with Crippen LogP contribution in [0.5, 0.6) is 0 Å². The van der Waals surface area contributed by atoms with Crippen LogP contribution in [0.15, 0.2) is 40.8 Å². The number of amides is 3. The molecule has 1 aliphatic heterocycles. The Morgan fingerprint density at radius 3 is 2.26 bits per heavy atom. The lowest BCUT2D eigenvalue weighted by atomic mass is 9.88. The highest BCUT2D eigenvalue weighted by molar-refractivity contribution is 6.00. The van der Waals surface area contributed by atoms with E-state index >= 15 is 0 Å². The summed E-state index contributed by atoms with van der Waals surface area (Å²) in [5.41, 5.74) is 7.72. The number of hydrogen-bond acceptors (Lipinski definition) is 4. The minimum atomic E-state index is -4.78. The number of nitrogens with one attached hydrogen (secondary N) is 1. The summed E-state index contributed by atoms with van der Waals surface area (Å²) >= 11 is 0. The van der Waals surface area contributed by atoms with Gasteiger partial charge in [-0.2, -0.15) is 13.2 Å². The Morgan fingerprint density at radius 1 is 1.15 bits per heavy atom. The maximum atomic E-state index is 13.8. The molecule has 4 rings (SSSR count). The van der Waals surface area contributed by atoms with Gasteiger partial charge in [-0.15, -0.1) is 0 Å². The number of rotatable bonds is 6. The molecule has 1 aromatic heterocycles. The lowest BCUT2D eigenvalue weighted by Gasteiger charge is -2.43. The zero-order chi connectivity index (χ0) is 24.8. The van der Waals surface area contributed by atoms with Gasteiger partial charge in [-0.25, -0.2) is 0 Å². The average Bonchev–Trinajstić information content (AvgIpc) is 3.39. The summed E-state index contributed by atoms with van der Waals surface area (Å²) in [6.45, 7) is 3.67. The predicted octanol–water partition coefficient (Wildman–Crippen LogP) is 2.98. The molecule has 182 valence electrons. The fourth-order valence-corrected chi connectivity index (χ4v) is 4.94. The average molecular weight is 477 g/mol. The van der Waals surface area contributed by atoms with Crippen molar-refractivity contribution in [3.8, 4) is 0 Å². The first kappa shape index (κ1) is 23.8. The van der Waals surface area contributed by atoms with Crippen molar-refractivity contribution in [1.82, 2.24) is 10.2 Å². The molecule has 1 aliphatic carbocycles. The first-order chi connectivity index (χ1) is 16.0. The van der Waals surface area contributed by atoms with Crippen LogP contribution < -0.4 is 11.1 Å². The molecule has 3 amide bonds. The Balaban J connectivity index is 1.72. The number of piperazine rings is 1. The van der Waals surface area contributed by atoms with Crippen LogP contribution in [0.2, 0.25) is 0 Å². The summed E-state index contributed by atoms with van der Waals surface area (Å²) in [5.74, 6) is -4.15. The van der Waals surface area contributed by atoms with Crippen LogP contribution in [0.4, 0.5) is 13.2 Å². The zero-order valence-corrected chi connectivity index (χ0v) is 18.8. The van der Waals surface area contributed by atoms with Crippen LogP contribution in [0.25, 0.3) is 0 Å². The maximum Gasteiger partial charge on any atom is 0.449 e. The number of hydrogen-bond donors (Lipinski definition) is 2. The molecular weight excluding hydrogens is 451 g/mol. The monoisotopic (exact) mass is 477 g/mol. The summed E-state index contributed by atoms with van der Waals surface area (Å²) in [5, 5.41) is 2.81. The van der Waals surface area contributed by atoms with Crippen LogP contribution in [-0.4, -0.2) is 34.7 Å². The highest BCUT2D eigenvalue weighted by atomic mass is 19.4. The van der Waals surface area contributed by atoms with Gasteiger partial charge in [-0.05, 0) is 54.4 Å². The van der Waals surface area contributed by atoms with Crippen LogP contribution in [0.1, 0.15) is 49.0 Å². The summed E-state index contributed by atoms with van der Waals surface area (Å²) in [6, 6.07) is 5.69. The van der Waals surface area contributed by atoms with Crippen molar-refractivity contribution < 1.29 is 32.0 Å². The van der Waals surface area contributed by atoms with Gasteiger partial charge in [0, 0.05) is 0 Å². The molecule has 7 nitrogen and oxygen atoms in total. The Kier molecular flexibility index (Phi) is 6.18. The first-order valence-corrected chi connectivity index (χ1v) is 11.1. The van der Waals surface area contributed by atoms with E-state index in [4.69, 9.17) is 10.2 Å². The number of halogens is 3. The van der Waals surface area contributed by atoms with E-state index < -0.39 is 53.5 Å². The number of primary amides is 1. The summed E-state index contributed by atoms with van der Waals surface area (Å²) < 4.78 is 44.3. The van der Waals surface area contributed by atoms with Gasteiger partial charge in [-0.1, -0.05) is 38.1 Å². The number of alkyl halides is 3. The van der Waals surface area contributed by atoms with Crippen molar-refractivity contribution in [1.29, 1.82) is 0 Å². The molecule has 1 saturated heterocycles. The zero-order valence-electron chi connectivity index (χ0n) is 18.8. The lowest BCUT2D eigenvalue weighted by Crippen LogP contribution is -2.67. The van der Waals surface area contributed by atoms with E-state index in [9.17, 15) is 27.6 Å². The molecule has 34 heavy (non-hydrogen) atoms. The van der Waals surface area contributed by atoms with Crippen molar-refractivity contribution in [2.24, 2.45) is 17.6 Å². The van der Waals surface area contributed by atoms with E-state index in [1.54, 1.807) is 0 Å². The molecule has 0 spiro atoms. The van der Waals surface area contributed by atoms with Gasteiger partial charge in [0.1, 0.15) is 17.8 Å². The van der Waals surface area contributed by atoms with E-state index in [1.165, 1.54) is 0 Å². The topological polar surface area (TPSA) is 106 Å². The third-order valence-corrected chi connectivity index (χ3v) is 6.43. The molecule has 0 bridgehead atoms. The number of fused-ring (bicyclic) bond motifs is 1. The largest absolute Gasteiger partial charge is 0.454 e. The second kappa shape index (κ2) is 8.81. The summed E-state index contributed by atoms with van der Waals surface area (Å²) in [6.07, 6.45) is -3.48. The van der Waals surface area contributed by atoms with Crippen molar-refractivity contribution in [3.05, 3.63) is 59.0 Å². The minimum Gasteiger partial charge on any atom is -0.454 e. The Morgan fingerprint density at radius 2 is 1.76 bits per heavy atom. The fourth-order valence-electron chi connectivity index (χ4n) is 4.94. The Hall–Kier alpha value is -3.30. The Labute approximate surface area is 194 Å². The molecule has 3 atom stereocenters. The molecule has 1 fully saturated rings. The summed E-state index contributed by atoms with van der Waals surface area (Å²) in [7, 11) is 0. The second-order valence-electron chi connectivity index (χ2n) is 9.32. The van der Waals surface area contributed by atoms with Gasteiger partial charge in [0.2, 0.25) is 23.5 Å². The lowest BCUT2D eigenvalue weighted by molar-refractivity contribution is -0.160. The third-order valence-electron chi connectivity index (χ3n) is 6.43. The molecule has 2 aromatic rings. The van der Waals surface area contributed by atoms with E-state index in [0.717, 1.165) is 22.1 Å². The number of nitrogens with zero attached hydrogens (tertiary/aromatic N) is 1. The first-order valence-electron chi connectivity index (χ1n) is 11.1. The molecular formula is C24H26F3N3O4. The van der Waals surface area contributed by atoms with Crippen LogP contribution >= 0.6 is 0 Å². The quantitative estimate of drug-likeness (QED) is 0.667. The second-order valence-corrected chi connectivity index (χ2v) is 9.32. The number of benzene rings is 1. The maximum absolute atomic E-state index is 13.8. The molecule has 2 heterocycles. The fraction of sp³-hybridized carbons (Fsp3) is 0.458. The van der Waals surface area contributed by atoms with Crippen LogP contribution in [0.3, 0.4) is 0 Å². The van der Waals surface area contributed by atoms with E-state index in [2.05, 4.69) is 5.32 Å². The molecule has 3 N–H and O–H groups in total. The van der Waals surface area contributed by atoms with Gasteiger partial charge in [0.05, 0.1) is 0 Å². The van der Waals surface area contributed by atoms with Crippen molar-refractivity contribution >= 4 is 17.7 Å². The summed E-state index contributed by atoms with van der Waals surface area (Å²) in [4.78, 5) is 40.5. The molecule has 1 unspecified atom stereocenters. The van der Waals surface area contributed by atoms with Gasteiger partial charge < -0.3 is 20.4 Å². The van der Waals surface area contributed by atoms with E-state index in [-0.39, 0.29) is 18.3 Å². The molecule has 0 saturated carbocycles. The van der Waals surface area contributed by atoms with Gasteiger partial charge in [-0.3, -0.25) is 14.4 Å². The highest BCUT2D eigenvalue weighted by Crippen LogP contribution is 2.37. The Bertz CT molecular complexity index is 1090. The van der Waals surface area contributed by atoms with E-state index in [1.807, 2.05) is 38.1 Å². The van der Waals surface area contributed by atoms with E-state index in [0.29, 0.717) is 18.9 Å². The van der Waals surface area contributed by atoms with Gasteiger partial charge in [0.25, 0.3) is 0 Å². The number of nitrogens with two attached hydrogens (primary N) is 1. The number of furan rings is 1. The normalized spacial score (nSPS) is 22.1. The third kappa shape index (κ3) is 4.41. The van der Waals surface area contributed by atoms with Crippen LogP contribution in [0, 0.1) is 11.8 Å². The molecule has 0 radical (unpaired) electrons. The highest BCUT2D eigenvalue weighted by Gasteiger charge is 2.50. The minimum absolute atomic E-state index is 0.0470. The predicted molar refractivity (Wildman–Crippen MR) is 115 cm³/mol. The van der Waals surface area contributed by atoms with Crippen LogP contribution in [-0.2, 0) is 33.4 Å².